The first kappa shape index (κ1) is 10.6. The van der Waals surface area contributed by atoms with Gasteiger partial charge >= 0.3 is 5.97 Å². The highest BCUT2D eigenvalue weighted by Crippen LogP contribution is 2.21. The number of aryl methyl sites for hydroxylation is 1. The SMILES string of the molecule is CCc1ccc2nc(C(O)C(=O)O)oc2c1. The number of aliphatic hydroxyl groups is 1. The lowest BCUT2D eigenvalue weighted by Gasteiger charge is -1.97. The first-order valence-corrected chi connectivity index (χ1v) is 4.92. The van der Waals surface area contributed by atoms with Crippen LogP contribution in [0.5, 0.6) is 0 Å². The highest BCUT2D eigenvalue weighted by molar-refractivity contribution is 5.77. The summed E-state index contributed by atoms with van der Waals surface area (Å²) in [6, 6.07) is 5.43. The zero-order valence-electron chi connectivity index (χ0n) is 8.67. The molecule has 0 aliphatic rings. The third kappa shape index (κ3) is 1.77. The van der Waals surface area contributed by atoms with Gasteiger partial charge in [0.1, 0.15) is 5.52 Å². The fourth-order valence-electron chi connectivity index (χ4n) is 1.43. The van der Waals surface area contributed by atoms with Crippen LogP contribution in [0.15, 0.2) is 22.6 Å². The van der Waals surface area contributed by atoms with Gasteiger partial charge in [-0.2, -0.15) is 0 Å². The van der Waals surface area contributed by atoms with Gasteiger partial charge in [0.25, 0.3) is 0 Å². The van der Waals surface area contributed by atoms with Gasteiger partial charge in [-0.15, -0.1) is 0 Å². The maximum atomic E-state index is 10.5. The molecule has 5 nitrogen and oxygen atoms in total. The van der Waals surface area contributed by atoms with Crippen molar-refractivity contribution in [3.05, 3.63) is 29.7 Å². The van der Waals surface area contributed by atoms with Crippen molar-refractivity contribution in [2.75, 3.05) is 0 Å². The zero-order chi connectivity index (χ0) is 11.7. The molecule has 1 aromatic carbocycles. The third-order valence-corrected chi connectivity index (χ3v) is 2.35. The first-order chi connectivity index (χ1) is 7.61. The summed E-state index contributed by atoms with van der Waals surface area (Å²) >= 11 is 0. The van der Waals surface area contributed by atoms with Crippen molar-refractivity contribution in [1.29, 1.82) is 0 Å². The Hall–Kier alpha value is -1.88. The minimum atomic E-state index is -1.71. The van der Waals surface area contributed by atoms with Gasteiger partial charge in [0.2, 0.25) is 12.0 Å². The Labute approximate surface area is 91.3 Å². The van der Waals surface area contributed by atoms with Crippen LogP contribution in [0.25, 0.3) is 11.1 Å². The molecule has 0 spiro atoms. The van der Waals surface area contributed by atoms with Crippen LogP contribution >= 0.6 is 0 Å². The van der Waals surface area contributed by atoms with Crippen LogP contribution in [0, 0.1) is 0 Å². The van der Waals surface area contributed by atoms with Crippen LogP contribution in [-0.2, 0) is 11.2 Å². The molecular formula is C11H11NO4. The summed E-state index contributed by atoms with van der Waals surface area (Å²) in [5, 5.41) is 17.9. The Morgan fingerprint density at radius 2 is 2.31 bits per heavy atom. The largest absolute Gasteiger partial charge is 0.479 e. The van der Waals surface area contributed by atoms with Crippen LogP contribution in [0.1, 0.15) is 24.5 Å². The molecule has 0 saturated carbocycles. The Morgan fingerprint density at radius 1 is 1.56 bits per heavy atom. The molecule has 0 saturated heterocycles. The highest BCUT2D eigenvalue weighted by Gasteiger charge is 2.22. The molecule has 1 aromatic heterocycles. The minimum Gasteiger partial charge on any atom is -0.479 e. The molecule has 1 atom stereocenters. The second kappa shape index (κ2) is 3.94. The predicted molar refractivity (Wildman–Crippen MR) is 56.0 cm³/mol. The van der Waals surface area contributed by atoms with E-state index in [0.717, 1.165) is 12.0 Å². The van der Waals surface area contributed by atoms with Gasteiger partial charge in [0.15, 0.2) is 5.58 Å². The molecule has 0 aliphatic heterocycles. The third-order valence-electron chi connectivity index (χ3n) is 2.35. The van der Waals surface area contributed by atoms with E-state index in [2.05, 4.69) is 4.98 Å². The molecule has 0 radical (unpaired) electrons. The normalized spacial score (nSPS) is 12.9. The molecule has 16 heavy (non-hydrogen) atoms. The van der Waals surface area contributed by atoms with Gasteiger partial charge in [-0.1, -0.05) is 13.0 Å². The van der Waals surface area contributed by atoms with Crippen LogP contribution in [-0.4, -0.2) is 21.2 Å². The lowest BCUT2D eigenvalue weighted by Crippen LogP contribution is -2.10. The number of rotatable bonds is 3. The maximum absolute atomic E-state index is 10.5. The van der Waals surface area contributed by atoms with Gasteiger partial charge in [-0.05, 0) is 24.1 Å². The monoisotopic (exact) mass is 221 g/mol. The molecule has 2 rings (SSSR count). The average molecular weight is 221 g/mol. The fraction of sp³-hybridized carbons (Fsp3) is 0.273. The number of oxazole rings is 1. The van der Waals surface area contributed by atoms with Crippen molar-refractivity contribution in [3.8, 4) is 0 Å². The van der Waals surface area contributed by atoms with Gasteiger partial charge in [-0.25, -0.2) is 9.78 Å². The molecule has 0 aliphatic carbocycles. The van der Waals surface area contributed by atoms with E-state index >= 15 is 0 Å². The smallest absolute Gasteiger partial charge is 0.342 e. The molecule has 0 fully saturated rings. The Bertz CT molecular complexity index is 532. The summed E-state index contributed by atoms with van der Waals surface area (Å²) in [5.41, 5.74) is 2.11. The number of carboxylic acids is 1. The number of carbonyl (C=O) groups is 1. The highest BCUT2D eigenvalue weighted by atomic mass is 16.4. The van der Waals surface area contributed by atoms with Crippen molar-refractivity contribution >= 4 is 17.1 Å². The molecule has 1 unspecified atom stereocenters. The van der Waals surface area contributed by atoms with Gasteiger partial charge in [-0.3, -0.25) is 0 Å². The standard InChI is InChI=1S/C11H11NO4/c1-2-6-3-4-7-8(5-6)16-10(12-7)9(13)11(14)15/h3-5,9,13H,2H2,1H3,(H,14,15). The molecule has 2 N–H and O–H groups in total. The lowest BCUT2D eigenvalue weighted by molar-refractivity contribution is -0.148. The maximum Gasteiger partial charge on any atom is 0.342 e. The quantitative estimate of drug-likeness (QED) is 0.820. The van der Waals surface area contributed by atoms with E-state index in [0.29, 0.717) is 11.1 Å². The summed E-state index contributed by atoms with van der Waals surface area (Å²) in [4.78, 5) is 14.5. The number of fused-ring (bicyclic) bond motifs is 1. The number of aliphatic hydroxyl groups excluding tert-OH is 1. The minimum absolute atomic E-state index is 0.184. The second-order valence-electron chi connectivity index (χ2n) is 3.45. The Morgan fingerprint density at radius 3 is 2.94 bits per heavy atom. The number of benzene rings is 1. The molecular weight excluding hydrogens is 210 g/mol. The fourth-order valence-corrected chi connectivity index (χ4v) is 1.43. The van der Waals surface area contributed by atoms with E-state index in [1.807, 2.05) is 13.0 Å². The van der Waals surface area contributed by atoms with Crippen molar-refractivity contribution in [1.82, 2.24) is 4.98 Å². The lowest BCUT2D eigenvalue weighted by atomic mass is 10.1. The average Bonchev–Trinajstić information content (AvgIpc) is 2.69. The summed E-state index contributed by atoms with van der Waals surface area (Å²) in [6.07, 6.45) is -0.856. The van der Waals surface area contributed by atoms with Crippen LogP contribution in [0.3, 0.4) is 0 Å². The van der Waals surface area contributed by atoms with Gasteiger partial charge in [0.05, 0.1) is 0 Å². The molecule has 2 aromatic rings. The topological polar surface area (TPSA) is 83.6 Å². The van der Waals surface area contributed by atoms with Crippen molar-refractivity contribution in [3.63, 3.8) is 0 Å². The number of hydrogen-bond donors (Lipinski definition) is 2. The van der Waals surface area contributed by atoms with Crippen molar-refractivity contribution in [2.24, 2.45) is 0 Å². The van der Waals surface area contributed by atoms with Crippen LogP contribution in [0.4, 0.5) is 0 Å². The van der Waals surface area contributed by atoms with Gasteiger partial charge < -0.3 is 14.6 Å². The van der Waals surface area contributed by atoms with E-state index in [9.17, 15) is 9.90 Å². The van der Waals surface area contributed by atoms with Crippen LogP contribution in [0.2, 0.25) is 0 Å². The number of aliphatic carboxylic acids is 1. The second-order valence-corrected chi connectivity index (χ2v) is 3.45. The Kier molecular flexibility index (Phi) is 2.62. The molecule has 0 amide bonds. The van der Waals surface area contributed by atoms with E-state index in [1.54, 1.807) is 12.1 Å². The van der Waals surface area contributed by atoms with E-state index in [4.69, 9.17) is 9.52 Å². The number of nitrogens with zero attached hydrogens (tertiary/aromatic N) is 1. The first-order valence-electron chi connectivity index (χ1n) is 4.92. The number of hydrogen-bond acceptors (Lipinski definition) is 4. The van der Waals surface area contributed by atoms with E-state index in [1.165, 1.54) is 0 Å². The summed E-state index contributed by atoms with van der Waals surface area (Å²) < 4.78 is 5.19. The number of aromatic nitrogens is 1. The number of carboxylic acid groups (broad SMARTS) is 1. The predicted octanol–water partition coefficient (Wildman–Crippen LogP) is 1.51. The zero-order valence-corrected chi connectivity index (χ0v) is 8.67. The summed E-state index contributed by atoms with van der Waals surface area (Å²) in [6.45, 7) is 2.00. The summed E-state index contributed by atoms with van der Waals surface area (Å²) in [5.74, 6) is -1.56. The Balaban J connectivity index is 2.47. The summed E-state index contributed by atoms with van der Waals surface area (Å²) in [7, 11) is 0. The molecule has 5 heteroatoms. The van der Waals surface area contributed by atoms with Crippen LogP contribution < -0.4 is 0 Å². The molecule has 1 heterocycles. The van der Waals surface area contributed by atoms with Crippen molar-refractivity contribution in [2.45, 2.75) is 19.4 Å². The van der Waals surface area contributed by atoms with E-state index in [-0.39, 0.29) is 5.89 Å². The van der Waals surface area contributed by atoms with Crippen molar-refractivity contribution < 1.29 is 19.4 Å². The van der Waals surface area contributed by atoms with E-state index < -0.39 is 12.1 Å². The van der Waals surface area contributed by atoms with Gasteiger partial charge in [0, 0.05) is 0 Å². The molecule has 84 valence electrons. The molecule has 0 bridgehead atoms.